The van der Waals surface area contributed by atoms with E-state index in [2.05, 4.69) is 39.1 Å². The first-order valence-corrected chi connectivity index (χ1v) is 15.6. The largest absolute Gasteiger partial charge is 0.493 e. The van der Waals surface area contributed by atoms with E-state index >= 15 is 0 Å². The fraction of sp³-hybridized carbons (Fsp3) is 0.147. The van der Waals surface area contributed by atoms with Gasteiger partial charge in [0.25, 0.3) is 5.56 Å². The molecule has 10 heteroatoms. The first-order chi connectivity index (χ1) is 21.3. The number of rotatable bonds is 7. The number of carbonyl (C=O) groups excluding carboxylic acids is 1. The Hall–Kier alpha value is -4.18. The number of benzene rings is 4. The highest BCUT2D eigenvalue weighted by molar-refractivity contribution is 9.10. The Balaban J connectivity index is 1.39. The Bertz CT molecular complexity index is 2130. The van der Waals surface area contributed by atoms with Crippen molar-refractivity contribution in [1.82, 2.24) is 4.57 Å². The highest BCUT2D eigenvalue weighted by Crippen LogP contribution is 2.38. The third-order valence-electron chi connectivity index (χ3n) is 7.41. The van der Waals surface area contributed by atoms with Crippen LogP contribution in [-0.4, -0.2) is 24.8 Å². The molecule has 1 aromatic heterocycles. The summed E-state index contributed by atoms with van der Waals surface area (Å²) in [6.07, 6.45) is 1.78. The molecule has 0 N–H and O–H groups in total. The number of fused-ring (bicyclic) bond motifs is 2. The van der Waals surface area contributed by atoms with E-state index in [1.54, 1.807) is 44.4 Å². The lowest BCUT2D eigenvalue weighted by atomic mass is 9.96. The van der Waals surface area contributed by atoms with Gasteiger partial charge in [-0.1, -0.05) is 77.5 Å². The van der Waals surface area contributed by atoms with Crippen molar-refractivity contribution >= 4 is 61.7 Å². The van der Waals surface area contributed by atoms with Crippen LogP contribution >= 0.6 is 38.9 Å². The fourth-order valence-electron chi connectivity index (χ4n) is 5.34. The summed E-state index contributed by atoms with van der Waals surface area (Å²) >= 11 is 11.0. The molecule has 5 aromatic rings. The number of methoxy groups -OCH3 is 2. The van der Waals surface area contributed by atoms with Crippen molar-refractivity contribution in [1.29, 1.82) is 0 Å². The summed E-state index contributed by atoms with van der Waals surface area (Å²) in [5.74, 6) is 0.523. The third-order valence-corrected chi connectivity index (χ3v) is 9.24. The summed E-state index contributed by atoms with van der Waals surface area (Å²) in [6, 6.07) is 24.3. The van der Waals surface area contributed by atoms with Crippen molar-refractivity contribution in [2.24, 2.45) is 4.99 Å². The molecule has 0 saturated heterocycles. The van der Waals surface area contributed by atoms with Gasteiger partial charge in [-0.2, -0.15) is 0 Å². The van der Waals surface area contributed by atoms with Gasteiger partial charge in [0.15, 0.2) is 16.3 Å². The molecule has 0 radical (unpaired) electrons. The molecule has 0 aliphatic carbocycles. The van der Waals surface area contributed by atoms with Crippen molar-refractivity contribution in [3.05, 3.63) is 136 Å². The number of nitrogens with zero attached hydrogens (tertiary/aromatic N) is 2. The Morgan fingerprint density at radius 1 is 1.07 bits per heavy atom. The molecule has 4 aromatic carbocycles. The van der Waals surface area contributed by atoms with E-state index in [0.29, 0.717) is 53.8 Å². The monoisotopic (exact) mass is 688 g/mol. The van der Waals surface area contributed by atoms with Gasteiger partial charge in [-0.25, -0.2) is 9.79 Å². The molecule has 1 aliphatic heterocycles. The number of hydrogen-bond donors (Lipinski definition) is 0. The van der Waals surface area contributed by atoms with Gasteiger partial charge in [0.2, 0.25) is 0 Å². The first kappa shape index (κ1) is 29.9. The van der Waals surface area contributed by atoms with Crippen molar-refractivity contribution in [2.75, 3.05) is 14.2 Å². The molecule has 0 unspecified atom stereocenters. The zero-order valence-electron chi connectivity index (χ0n) is 24.0. The van der Waals surface area contributed by atoms with Crippen LogP contribution in [0.4, 0.5) is 0 Å². The minimum absolute atomic E-state index is 0.283. The van der Waals surface area contributed by atoms with E-state index in [4.69, 9.17) is 25.8 Å². The maximum Gasteiger partial charge on any atom is 0.338 e. The molecule has 0 bridgehead atoms. The van der Waals surface area contributed by atoms with Crippen LogP contribution in [-0.2, 0) is 16.1 Å². The molecule has 1 aliphatic rings. The maximum atomic E-state index is 13.9. The number of allylic oxidation sites excluding steroid dienone is 1. The van der Waals surface area contributed by atoms with Crippen molar-refractivity contribution < 1.29 is 19.0 Å². The molecule has 1 atom stereocenters. The zero-order valence-corrected chi connectivity index (χ0v) is 27.1. The van der Waals surface area contributed by atoms with E-state index < -0.39 is 12.0 Å². The quantitative estimate of drug-likeness (QED) is 0.181. The highest BCUT2D eigenvalue weighted by Gasteiger charge is 2.33. The standard InChI is InChI=1S/C34H26BrClN2O5S/c1-19-29(33(40)42-3)30(22-11-13-24(36)14-12-22)38-32(39)28(44-34(38)37-19)17-20-15-26(35)31(27(16-20)41-2)43-18-23-9-6-8-21-7-4-5-10-25(21)23/h4-17,30H,18H2,1-3H3/b28-17-/t30-/m0/s1. The summed E-state index contributed by atoms with van der Waals surface area (Å²) < 4.78 is 19.7. The Morgan fingerprint density at radius 3 is 2.57 bits per heavy atom. The number of carbonyl (C=O) groups is 1. The van der Waals surface area contributed by atoms with Crippen molar-refractivity contribution in [3.63, 3.8) is 0 Å². The highest BCUT2D eigenvalue weighted by atomic mass is 79.9. The van der Waals surface area contributed by atoms with Crippen LogP contribution in [0.15, 0.2) is 104 Å². The summed E-state index contributed by atoms with van der Waals surface area (Å²) in [5, 5.41) is 2.81. The van der Waals surface area contributed by atoms with Gasteiger partial charge in [0.1, 0.15) is 6.61 Å². The topological polar surface area (TPSA) is 79.1 Å². The molecule has 44 heavy (non-hydrogen) atoms. The summed E-state index contributed by atoms with van der Waals surface area (Å²) in [7, 11) is 2.89. The second kappa shape index (κ2) is 12.4. The number of ether oxygens (including phenoxy) is 3. The first-order valence-electron chi connectivity index (χ1n) is 13.6. The molecule has 0 fully saturated rings. The molecule has 6 rings (SSSR count). The Labute approximate surface area is 270 Å². The van der Waals surface area contributed by atoms with Crippen LogP contribution in [0.1, 0.15) is 29.7 Å². The number of aromatic nitrogens is 1. The Morgan fingerprint density at radius 2 is 1.82 bits per heavy atom. The number of halogens is 2. The molecule has 0 amide bonds. The lowest BCUT2D eigenvalue weighted by molar-refractivity contribution is -0.136. The lowest BCUT2D eigenvalue weighted by Crippen LogP contribution is -2.39. The van der Waals surface area contributed by atoms with Gasteiger partial charge in [-0.15, -0.1) is 0 Å². The molecule has 222 valence electrons. The maximum absolute atomic E-state index is 13.9. The molecule has 0 saturated carbocycles. The second-order valence-corrected chi connectivity index (χ2v) is 12.4. The minimum atomic E-state index is -0.718. The zero-order chi connectivity index (χ0) is 31.0. The van der Waals surface area contributed by atoms with E-state index in [9.17, 15) is 9.59 Å². The minimum Gasteiger partial charge on any atom is -0.493 e. The van der Waals surface area contributed by atoms with Crippen molar-refractivity contribution in [2.45, 2.75) is 19.6 Å². The number of esters is 1. The summed E-state index contributed by atoms with van der Waals surface area (Å²) in [5.41, 5.74) is 3.00. The predicted octanol–water partition coefficient (Wildman–Crippen LogP) is 6.56. The summed E-state index contributed by atoms with van der Waals surface area (Å²) in [6.45, 7) is 2.09. The molecular formula is C34H26BrClN2O5S. The number of thiazole rings is 1. The molecule has 0 spiro atoms. The predicted molar refractivity (Wildman–Crippen MR) is 176 cm³/mol. The molecule has 7 nitrogen and oxygen atoms in total. The van der Waals surface area contributed by atoms with Gasteiger partial charge in [0.05, 0.1) is 40.5 Å². The van der Waals surface area contributed by atoms with E-state index in [-0.39, 0.29) is 5.56 Å². The second-order valence-electron chi connectivity index (χ2n) is 10.1. The van der Waals surface area contributed by atoms with Crippen LogP contribution < -0.4 is 24.4 Å². The molecular weight excluding hydrogens is 664 g/mol. The van der Waals surface area contributed by atoms with Gasteiger partial charge >= 0.3 is 5.97 Å². The molecule has 2 heterocycles. The van der Waals surface area contributed by atoms with Crippen molar-refractivity contribution in [3.8, 4) is 11.5 Å². The van der Waals surface area contributed by atoms with Gasteiger partial charge in [0, 0.05) is 5.02 Å². The van der Waals surface area contributed by atoms with Crippen LogP contribution in [0.5, 0.6) is 11.5 Å². The fourth-order valence-corrected chi connectivity index (χ4v) is 7.08. The summed E-state index contributed by atoms with van der Waals surface area (Å²) in [4.78, 5) is 31.9. The Kier molecular flexibility index (Phi) is 8.44. The van der Waals surface area contributed by atoms with Gasteiger partial charge in [-0.05, 0) is 80.7 Å². The average molecular weight is 690 g/mol. The normalized spacial score (nSPS) is 14.8. The SMILES string of the molecule is COC(=O)C1=C(C)N=c2s/c(=C\c3cc(Br)c(OCc4cccc5ccccc45)c(OC)c3)c(=O)n2[C@H]1c1ccc(Cl)cc1. The van der Waals surface area contributed by atoms with Crippen LogP contribution in [0, 0.1) is 0 Å². The van der Waals surface area contributed by atoms with Gasteiger partial charge < -0.3 is 14.2 Å². The number of hydrogen-bond acceptors (Lipinski definition) is 7. The lowest BCUT2D eigenvalue weighted by Gasteiger charge is -2.24. The average Bonchev–Trinajstić information content (AvgIpc) is 3.33. The van der Waals surface area contributed by atoms with E-state index in [1.165, 1.54) is 23.0 Å². The third kappa shape index (κ3) is 5.58. The van der Waals surface area contributed by atoms with Crippen LogP contribution in [0.3, 0.4) is 0 Å². The van der Waals surface area contributed by atoms with E-state index in [1.807, 2.05) is 36.4 Å². The van der Waals surface area contributed by atoms with Crippen LogP contribution in [0.2, 0.25) is 5.02 Å². The van der Waals surface area contributed by atoms with Crippen LogP contribution in [0.25, 0.3) is 16.8 Å². The smallest absolute Gasteiger partial charge is 0.338 e. The van der Waals surface area contributed by atoms with E-state index in [0.717, 1.165) is 21.9 Å². The van der Waals surface area contributed by atoms with Gasteiger partial charge in [-0.3, -0.25) is 9.36 Å².